The Balaban J connectivity index is 2.11. The molecule has 2 rings (SSSR count). The number of benzene rings is 2. The molecular weight excluding hydrogens is 314 g/mol. The Morgan fingerprint density at radius 3 is 2.50 bits per heavy atom. The van der Waals surface area contributed by atoms with Crippen molar-refractivity contribution in [1.29, 1.82) is 0 Å². The summed E-state index contributed by atoms with van der Waals surface area (Å²) >= 11 is 3.44. The first-order chi connectivity index (χ1) is 9.56. The van der Waals surface area contributed by atoms with E-state index in [2.05, 4.69) is 21.2 Å². The fraction of sp³-hybridized carbons (Fsp3) is 0.118. The third-order valence-electron chi connectivity index (χ3n) is 2.96. The molecule has 0 radical (unpaired) electrons. The molecule has 0 saturated heterocycles. The lowest BCUT2D eigenvalue weighted by molar-refractivity contribution is -0.112. The number of amides is 1. The monoisotopic (exact) mass is 329 g/mol. The molecule has 0 unspecified atom stereocenters. The summed E-state index contributed by atoms with van der Waals surface area (Å²) in [5.74, 6) is -0.0874. The maximum absolute atomic E-state index is 12.1. The maximum Gasteiger partial charge on any atom is 0.251 e. The van der Waals surface area contributed by atoms with Crippen LogP contribution in [0, 0.1) is 6.92 Å². The van der Waals surface area contributed by atoms with Crippen LogP contribution < -0.4 is 5.32 Å². The summed E-state index contributed by atoms with van der Waals surface area (Å²) in [7, 11) is 0. The molecule has 20 heavy (non-hydrogen) atoms. The highest BCUT2D eigenvalue weighted by Crippen LogP contribution is 2.20. The van der Waals surface area contributed by atoms with E-state index in [1.165, 1.54) is 0 Å². The van der Waals surface area contributed by atoms with Crippen LogP contribution in [0.1, 0.15) is 18.1 Å². The summed E-state index contributed by atoms with van der Waals surface area (Å²) in [6.45, 7) is 3.81. The van der Waals surface area contributed by atoms with Gasteiger partial charge >= 0.3 is 0 Å². The van der Waals surface area contributed by atoms with E-state index in [0.717, 1.165) is 21.3 Å². The van der Waals surface area contributed by atoms with Crippen LogP contribution in [-0.4, -0.2) is 5.91 Å². The Kier molecular flexibility index (Phi) is 4.74. The summed E-state index contributed by atoms with van der Waals surface area (Å²) in [5.41, 5.74) is 3.59. The lowest BCUT2D eigenvalue weighted by atomic mass is 10.1. The van der Waals surface area contributed by atoms with Crippen molar-refractivity contribution >= 4 is 33.6 Å². The van der Waals surface area contributed by atoms with Crippen molar-refractivity contribution in [3.8, 4) is 0 Å². The van der Waals surface area contributed by atoms with Crippen molar-refractivity contribution in [3.05, 3.63) is 69.7 Å². The van der Waals surface area contributed by atoms with Gasteiger partial charge in [-0.05, 0) is 49.2 Å². The molecular formula is C17H16BrNO. The van der Waals surface area contributed by atoms with Crippen LogP contribution in [0.4, 0.5) is 5.69 Å². The van der Waals surface area contributed by atoms with E-state index in [0.29, 0.717) is 5.57 Å². The number of carbonyl (C=O) groups excluding carboxylic acids is 1. The van der Waals surface area contributed by atoms with Crippen LogP contribution in [0.5, 0.6) is 0 Å². The smallest absolute Gasteiger partial charge is 0.251 e. The van der Waals surface area contributed by atoms with Crippen LogP contribution in [0.25, 0.3) is 6.08 Å². The second-order valence-electron chi connectivity index (χ2n) is 4.66. The molecule has 0 heterocycles. The summed E-state index contributed by atoms with van der Waals surface area (Å²) in [5, 5.41) is 2.90. The minimum absolute atomic E-state index is 0.0874. The van der Waals surface area contributed by atoms with Gasteiger partial charge in [0.1, 0.15) is 0 Å². The number of hydrogen-bond acceptors (Lipinski definition) is 1. The van der Waals surface area contributed by atoms with Gasteiger partial charge in [-0.1, -0.05) is 46.3 Å². The summed E-state index contributed by atoms with van der Waals surface area (Å²) in [6, 6.07) is 15.6. The first-order valence-corrected chi connectivity index (χ1v) is 7.16. The quantitative estimate of drug-likeness (QED) is 0.805. The van der Waals surface area contributed by atoms with Crippen molar-refractivity contribution in [2.45, 2.75) is 13.8 Å². The fourth-order valence-corrected chi connectivity index (χ4v) is 2.06. The van der Waals surface area contributed by atoms with Gasteiger partial charge < -0.3 is 5.32 Å². The number of halogens is 1. The van der Waals surface area contributed by atoms with Gasteiger partial charge in [-0.15, -0.1) is 0 Å². The molecule has 2 aromatic carbocycles. The highest BCUT2D eigenvalue weighted by molar-refractivity contribution is 9.10. The van der Waals surface area contributed by atoms with Crippen LogP contribution in [0.2, 0.25) is 0 Å². The Bertz CT molecular complexity index is 647. The van der Waals surface area contributed by atoms with Gasteiger partial charge in [0.25, 0.3) is 5.91 Å². The Labute approximate surface area is 127 Å². The third-order valence-corrected chi connectivity index (χ3v) is 3.85. The molecule has 2 aromatic rings. The second kappa shape index (κ2) is 6.53. The molecule has 102 valence electrons. The van der Waals surface area contributed by atoms with Crippen LogP contribution in [0.3, 0.4) is 0 Å². The zero-order valence-electron chi connectivity index (χ0n) is 11.5. The van der Waals surface area contributed by atoms with Crippen molar-refractivity contribution in [1.82, 2.24) is 0 Å². The van der Waals surface area contributed by atoms with Gasteiger partial charge in [0.15, 0.2) is 0 Å². The second-order valence-corrected chi connectivity index (χ2v) is 5.51. The van der Waals surface area contributed by atoms with E-state index in [1.807, 2.05) is 68.5 Å². The molecule has 2 nitrogen and oxygen atoms in total. The Morgan fingerprint density at radius 2 is 1.85 bits per heavy atom. The largest absolute Gasteiger partial charge is 0.322 e. The average Bonchev–Trinajstić information content (AvgIpc) is 2.44. The minimum Gasteiger partial charge on any atom is -0.322 e. The Hall–Kier alpha value is -1.87. The third kappa shape index (κ3) is 3.81. The molecule has 0 fully saturated rings. The summed E-state index contributed by atoms with van der Waals surface area (Å²) < 4.78 is 1.03. The van der Waals surface area contributed by atoms with E-state index in [1.54, 1.807) is 0 Å². The first kappa shape index (κ1) is 14.5. The lowest BCUT2D eigenvalue weighted by Crippen LogP contribution is -2.12. The van der Waals surface area contributed by atoms with Crippen molar-refractivity contribution in [2.75, 3.05) is 5.32 Å². The predicted molar refractivity (Wildman–Crippen MR) is 87.6 cm³/mol. The number of anilines is 1. The van der Waals surface area contributed by atoms with Gasteiger partial charge in [-0.25, -0.2) is 0 Å². The molecule has 1 N–H and O–H groups in total. The molecule has 3 heteroatoms. The van der Waals surface area contributed by atoms with Crippen LogP contribution in [-0.2, 0) is 4.79 Å². The van der Waals surface area contributed by atoms with Crippen molar-refractivity contribution < 1.29 is 4.79 Å². The SMILES string of the molecule is CC(=Cc1ccccc1)C(=O)Nc1ccc(Br)c(C)c1. The number of aryl methyl sites for hydroxylation is 1. The molecule has 0 aliphatic rings. The van der Waals surface area contributed by atoms with Gasteiger partial charge in [0.05, 0.1) is 0 Å². The van der Waals surface area contributed by atoms with Crippen molar-refractivity contribution in [2.24, 2.45) is 0 Å². The summed E-state index contributed by atoms with van der Waals surface area (Å²) in [6.07, 6.45) is 1.88. The average molecular weight is 330 g/mol. The molecule has 0 saturated carbocycles. The van der Waals surface area contributed by atoms with Crippen LogP contribution in [0.15, 0.2) is 58.6 Å². The number of hydrogen-bond donors (Lipinski definition) is 1. The van der Waals surface area contributed by atoms with Crippen molar-refractivity contribution in [3.63, 3.8) is 0 Å². The number of nitrogens with one attached hydrogen (secondary N) is 1. The highest BCUT2D eigenvalue weighted by Gasteiger charge is 2.05. The Morgan fingerprint density at radius 1 is 1.15 bits per heavy atom. The zero-order chi connectivity index (χ0) is 14.5. The van der Waals surface area contributed by atoms with Crippen LogP contribution >= 0.6 is 15.9 Å². The van der Waals surface area contributed by atoms with Gasteiger partial charge in [-0.3, -0.25) is 4.79 Å². The molecule has 0 spiro atoms. The molecule has 0 aliphatic carbocycles. The number of carbonyl (C=O) groups is 1. The molecule has 1 amide bonds. The first-order valence-electron chi connectivity index (χ1n) is 6.37. The lowest BCUT2D eigenvalue weighted by Gasteiger charge is -2.07. The predicted octanol–water partition coefficient (Wildman–Crippen LogP) is 4.80. The molecule has 0 atom stereocenters. The van der Waals surface area contributed by atoms with E-state index in [9.17, 15) is 4.79 Å². The van der Waals surface area contributed by atoms with E-state index < -0.39 is 0 Å². The zero-order valence-corrected chi connectivity index (χ0v) is 13.1. The minimum atomic E-state index is -0.0874. The van der Waals surface area contributed by atoms with Gasteiger partial charge in [-0.2, -0.15) is 0 Å². The molecule has 0 aliphatic heterocycles. The van der Waals surface area contributed by atoms with Gasteiger partial charge in [0.2, 0.25) is 0 Å². The number of rotatable bonds is 3. The molecule has 0 aromatic heterocycles. The standard InChI is InChI=1S/C17H16BrNO/c1-12-11-15(8-9-16(12)18)19-17(20)13(2)10-14-6-4-3-5-7-14/h3-11H,1-2H3,(H,19,20). The van der Waals surface area contributed by atoms with Gasteiger partial charge in [0, 0.05) is 15.7 Å². The van der Waals surface area contributed by atoms with E-state index >= 15 is 0 Å². The molecule has 0 bridgehead atoms. The fourth-order valence-electron chi connectivity index (χ4n) is 1.82. The summed E-state index contributed by atoms with van der Waals surface area (Å²) in [4.78, 5) is 12.1. The highest BCUT2D eigenvalue weighted by atomic mass is 79.9. The maximum atomic E-state index is 12.1. The van der Waals surface area contributed by atoms with E-state index in [4.69, 9.17) is 0 Å². The normalized spacial score (nSPS) is 11.2. The van der Waals surface area contributed by atoms with E-state index in [-0.39, 0.29) is 5.91 Å². The topological polar surface area (TPSA) is 29.1 Å².